The zero-order chi connectivity index (χ0) is 18.4. The Morgan fingerprint density at radius 1 is 1.15 bits per heavy atom. The smallest absolute Gasteiger partial charge is 0.233 e. The Bertz CT molecular complexity index is 655. The van der Waals surface area contributed by atoms with E-state index in [-0.39, 0.29) is 5.41 Å². The number of hydrogen-bond acceptors (Lipinski definition) is 3. The van der Waals surface area contributed by atoms with Gasteiger partial charge in [0.15, 0.2) is 0 Å². The third kappa shape index (κ3) is 2.83. The number of likely N-dealkylation sites (tertiary alicyclic amines) is 1. The van der Waals surface area contributed by atoms with Gasteiger partial charge >= 0.3 is 0 Å². The van der Waals surface area contributed by atoms with Gasteiger partial charge in [-0.3, -0.25) is 4.79 Å². The van der Waals surface area contributed by atoms with E-state index in [1.165, 1.54) is 31.2 Å². The molecule has 3 fully saturated rings. The third-order valence-electron chi connectivity index (χ3n) is 7.23. The average Bonchev–Trinajstić information content (AvgIpc) is 2.60. The molecule has 1 spiro atoms. The predicted molar refractivity (Wildman–Crippen MR) is 103 cm³/mol. The number of rotatable bonds is 4. The van der Waals surface area contributed by atoms with Gasteiger partial charge in [-0.2, -0.15) is 0 Å². The minimum Gasteiger partial charge on any atom is -0.497 e. The Balaban J connectivity index is 1.59. The molecule has 1 aromatic carbocycles. The number of carbonyl (C=O) groups excluding carboxylic acids is 1. The molecule has 0 radical (unpaired) electrons. The number of likely N-dealkylation sites (N-methyl/N-ethyl adjacent to an activating group) is 1. The largest absolute Gasteiger partial charge is 0.497 e. The maximum absolute atomic E-state index is 13.7. The summed E-state index contributed by atoms with van der Waals surface area (Å²) >= 11 is 0. The quantitative estimate of drug-likeness (QED) is 0.828. The second-order valence-corrected chi connectivity index (χ2v) is 9.03. The van der Waals surface area contributed by atoms with Crippen molar-refractivity contribution in [2.75, 3.05) is 34.3 Å². The highest BCUT2D eigenvalue weighted by Crippen LogP contribution is 2.65. The molecule has 4 nitrogen and oxygen atoms in total. The molecule has 2 aliphatic carbocycles. The Morgan fingerprint density at radius 3 is 2.38 bits per heavy atom. The zero-order valence-electron chi connectivity index (χ0n) is 16.5. The molecule has 26 heavy (non-hydrogen) atoms. The van der Waals surface area contributed by atoms with Gasteiger partial charge in [0.05, 0.1) is 12.5 Å². The summed E-state index contributed by atoms with van der Waals surface area (Å²) in [5.74, 6) is 1.23. The van der Waals surface area contributed by atoms with Gasteiger partial charge < -0.3 is 14.5 Å². The van der Waals surface area contributed by atoms with Crippen LogP contribution in [0.25, 0.3) is 0 Å². The van der Waals surface area contributed by atoms with Gasteiger partial charge in [0.25, 0.3) is 0 Å². The fraction of sp³-hybridized carbons (Fsp3) is 0.682. The van der Waals surface area contributed by atoms with Crippen LogP contribution in [0.1, 0.15) is 50.5 Å². The first kappa shape index (κ1) is 17.8. The van der Waals surface area contributed by atoms with Crippen LogP contribution in [-0.4, -0.2) is 56.0 Å². The van der Waals surface area contributed by atoms with Gasteiger partial charge in [-0.25, -0.2) is 0 Å². The lowest BCUT2D eigenvalue weighted by Gasteiger charge is -2.61. The summed E-state index contributed by atoms with van der Waals surface area (Å²) in [6, 6.07) is 8.74. The van der Waals surface area contributed by atoms with Crippen LogP contribution in [0, 0.1) is 5.41 Å². The normalized spacial score (nSPS) is 26.3. The van der Waals surface area contributed by atoms with Crippen LogP contribution < -0.4 is 4.74 Å². The summed E-state index contributed by atoms with van der Waals surface area (Å²) < 4.78 is 5.32. The molecule has 0 bridgehead atoms. The van der Waals surface area contributed by atoms with Crippen molar-refractivity contribution in [3.05, 3.63) is 29.8 Å². The summed E-state index contributed by atoms with van der Waals surface area (Å²) in [6.45, 7) is 1.78. The molecular formula is C22H32N2O2. The number of amides is 1. The van der Waals surface area contributed by atoms with Crippen molar-refractivity contribution in [1.82, 2.24) is 9.80 Å². The first-order valence-electron chi connectivity index (χ1n) is 10.1. The monoisotopic (exact) mass is 356 g/mol. The van der Waals surface area contributed by atoms with Crippen LogP contribution in [0.5, 0.6) is 5.75 Å². The molecule has 2 saturated carbocycles. The summed E-state index contributed by atoms with van der Waals surface area (Å²) in [6.07, 6.45) is 8.31. The number of methoxy groups -OCH3 is 1. The van der Waals surface area contributed by atoms with Crippen LogP contribution in [0.15, 0.2) is 24.3 Å². The molecule has 3 aliphatic rings. The molecule has 1 aliphatic heterocycles. The van der Waals surface area contributed by atoms with E-state index in [2.05, 4.69) is 36.0 Å². The summed E-state index contributed by atoms with van der Waals surface area (Å²) in [5.41, 5.74) is 1.33. The van der Waals surface area contributed by atoms with Gasteiger partial charge in [0, 0.05) is 19.1 Å². The molecule has 1 aromatic rings. The Morgan fingerprint density at radius 2 is 1.85 bits per heavy atom. The van der Waals surface area contributed by atoms with E-state index < -0.39 is 0 Å². The predicted octanol–water partition coefficient (Wildman–Crippen LogP) is 3.45. The molecule has 4 heteroatoms. The van der Waals surface area contributed by atoms with Crippen LogP contribution >= 0.6 is 0 Å². The standard InChI is InChI=1S/C22H32N2O2/c1-23(2)18-6-4-13-24(14-18)20(25)22(15-21(16-22)11-5-12-21)17-7-9-19(26-3)10-8-17/h7-10,18H,4-6,11-16H2,1-3H3. The van der Waals surface area contributed by atoms with Crippen molar-refractivity contribution in [2.45, 2.75) is 56.4 Å². The second-order valence-electron chi connectivity index (χ2n) is 9.03. The number of hydrogen-bond donors (Lipinski definition) is 0. The van der Waals surface area contributed by atoms with Crippen LogP contribution in [0.3, 0.4) is 0 Å². The number of ether oxygens (including phenoxy) is 1. The zero-order valence-corrected chi connectivity index (χ0v) is 16.5. The minimum absolute atomic E-state index is 0.305. The average molecular weight is 357 g/mol. The lowest BCUT2D eigenvalue weighted by Crippen LogP contribution is -2.62. The van der Waals surface area contributed by atoms with Crippen LogP contribution in [0.4, 0.5) is 0 Å². The Labute approximate surface area is 157 Å². The first-order chi connectivity index (χ1) is 12.5. The van der Waals surface area contributed by atoms with E-state index in [0.29, 0.717) is 17.4 Å². The van der Waals surface area contributed by atoms with Crippen molar-refractivity contribution in [1.29, 1.82) is 0 Å². The van der Waals surface area contributed by atoms with E-state index >= 15 is 0 Å². The number of benzene rings is 1. The minimum atomic E-state index is -0.305. The molecule has 4 rings (SSSR count). The van der Waals surface area contributed by atoms with E-state index in [4.69, 9.17) is 4.74 Å². The van der Waals surface area contributed by atoms with Crippen molar-refractivity contribution < 1.29 is 9.53 Å². The Kier molecular flexibility index (Phi) is 4.50. The van der Waals surface area contributed by atoms with Crippen molar-refractivity contribution >= 4 is 5.91 Å². The van der Waals surface area contributed by atoms with E-state index in [0.717, 1.165) is 38.1 Å². The molecule has 1 amide bonds. The highest BCUT2D eigenvalue weighted by Gasteiger charge is 2.62. The van der Waals surface area contributed by atoms with Gasteiger partial charge in [0.2, 0.25) is 5.91 Å². The molecule has 142 valence electrons. The highest BCUT2D eigenvalue weighted by atomic mass is 16.5. The van der Waals surface area contributed by atoms with Crippen molar-refractivity contribution in [2.24, 2.45) is 5.41 Å². The summed E-state index contributed by atoms with van der Waals surface area (Å²) in [4.78, 5) is 18.2. The Hall–Kier alpha value is -1.55. The van der Waals surface area contributed by atoms with Gasteiger partial charge in [-0.1, -0.05) is 18.6 Å². The molecule has 0 N–H and O–H groups in total. The molecular weight excluding hydrogens is 324 g/mol. The molecule has 1 unspecified atom stereocenters. The van der Waals surface area contributed by atoms with E-state index in [9.17, 15) is 4.79 Å². The van der Waals surface area contributed by atoms with Gasteiger partial charge in [-0.15, -0.1) is 0 Å². The molecule has 1 heterocycles. The topological polar surface area (TPSA) is 32.8 Å². The van der Waals surface area contributed by atoms with Crippen molar-refractivity contribution in [3.8, 4) is 5.75 Å². The van der Waals surface area contributed by atoms with Gasteiger partial charge in [-0.05, 0) is 75.7 Å². The fourth-order valence-corrected chi connectivity index (χ4v) is 5.51. The number of piperidine rings is 1. The molecule has 1 saturated heterocycles. The van der Waals surface area contributed by atoms with Crippen LogP contribution in [-0.2, 0) is 10.2 Å². The second kappa shape index (κ2) is 6.56. The van der Waals surface area contributed by atoms with E-state index in [1.807, 2.05) is 12.1 Å². The third-order valence-corrected chi connectivity index (χ3v) is 7.23. The maximum atomic E-state index is 13.7. The molecule has 1 atom stereocenters. The SMILES string of the molecule is COc1ccc(C2(C(=O)N3CCCC(N(C)C)C3)CC3(CCC3)C2)cc1. The maximum Gasteiger partial charge on any atom is 0.233 e. The summed E-state index contributed by atoms with van der Waals surface area (Å²) in [5, 5.41) is 0. The first-order valence-corrected chi connectivity index (χ1v) is 10.1. The highest BCUT2D eigenvalue weighted by molar-refractivity contribution is 5.90. The van der Waals surface area contributed by atoms with Gasteiger partial charge in [0.1, 0.15) is 5.75 Å². The fourth-order valence-electron chi connectivity index (χ4n) is 5.51. The van der Waals surface area contributed by atoms with Crippen LogP contribution in [0.2, 0.25) is 0 Å². The molecule has 0 aromatic heterocycles. The van der Waals surface area contributed by atoms with E-state index in [1.54, 1.807) is 7.11 Å². The lowest BCUT2D eigenvalue weighted by molar-refractivity contribution is -0.155. The summed E-state index contributed by atoms with van der Waals surface area (Å²) in [7, 11) is 5.95. The number of nitrogens with zero attached hydrogens (tertiary/aromatic N) is 2. The lowest BCUT2D eigenvalue weighted by atomic mass is 9.43. The number of carbonyl (C=O) groups is 1. The van der Waals surface area contributed by atoms with Crippen molar-refractivity contribution in [3.63, 3.8) is 0 Å².